The number of carboxylic acid groups (broad SMARTS) is 1. The first-order chi connectivity index (χ1) is 9.08. The molecule has 1 aromatic rings. The Hall–Kier alpha value is -2.44. The maximum Gasteiger partial charge on any atom is 0.342 e. The van der Waals surface area contributed by atoms with Gasteiger partial charge in [-0.3, -0.25) is 10.1 Å². The number of carboxylic acids is 1. The molecule has 0 aliphatic heterocycles. The molecule has 19 heavy (non-hydrogen) atoms. The number of hydrogen-bond donors (Lipinski definition) is 2. The molecule has 0 saturated carbocycles. The molecule has 0 bridgehead atoms. The molecule has 2 N–H and O–H groups in total. The topological polar surface area (TPSA) is 105 Å². The lowest BCUT2D eigenvalue weighted by atomic mass is 10.0. The van der Waals surface area contributed by atoms with Crippen LogP contribution in [0.15, 0.2) is 24.4 Å². The minimum absolute atomic E-state index is 0.181. The molecular formula is C12H13N3O4. The van der Waals surface area contributed by atoms with E-state index in [2.05, 4.69) is 16.4 Å². The first kappa shape index (κ1) is 13.0. The SMILES string of the molecule is O=C(O)c1cc(NC2CC=CCC2)ncc1[N+](=O)[O-]. The van der Waals surface area contributed by atoms with E-state index in [1.54, 1.807) is 0 Å². The second-order valence-corrected chi connectivity index (χ2v) is 4.27. The summed E-state index contributed by atoms with van der Waals surface area (Å²) >= 11 is 0. The largest absolute Gasteiger partial charge is 0.477 e. The highest BCUT2D eigenvalue weighted by molar-refractivity contribution is 5.93. The zero-order valence-corrected chi connectivity index (χ0v) is 10.1. The quantitative estimate of drug-likeness (QED) is 0.490. The van der Waals surface area contributed by atoms with Crippen molar-refractivity contribution in [3.63, 3.8) is 0 Å². The van der Waals surface area contributed by atoms with Crippen LogP contribution in [0, 0.1) is 10.1 Å². The number of nitro groups is 1. The maximum atomic E-state index is 11.0. The fourth-order valence-corrected chi connectivity index (χ4v) is 1.98. The molecule has 0 aromatic carbocycles. The molecule has 1 atom stereocenters. The maximum absolute atomic E-state index is 11.0. The van der Waals surface area contributed by atoms with Crippen LogP contribution in [0.1, 0.15) is 29.6 Å². The lowest BCUT2D eigenvalue weighted by molar-refractivity contribution is -0.385. The molecule has 1 unspecified atom stereocenters. The lowest BCUT2D eigenvalue weighted by Crippen LogP contribution is -2.21. The number of nitrogens with one attached hydrogen (secondary N) is 1. The molecule has 7 nitrogen and oxygen atoms in total. The predicted molar refractivity (Wildman–Crippen MR) is 68.3 cm³/mol. The van der Waals surface area contributed by atoms with E-state index >= 15 is 0 Å². The highest BCUT2D eigenvalue weighted by Gasteiger charge is 2.21. The Morgan fingerprint density at radius 3 is 2.89 bits per heavy atom. The highest BCUT2D eigenvalue weighted by atomic mass is 16.6. The minimum Gasteiger partial charge on any atom is -0.477 e. The molecule has 0 saturated heterocycles. The Morgan fingerprint density at radius 2 is 2.32 bits per heavy atom. The van der Waals surface area contributed by atoms with Crippen LogP contribution in [0.5, 0.6) is 0 Å². The Bertz CT molecular complexity index is 542. The minimum atomic E-state index is -1.33. The van der Waals surface area contributed by atoms with E-state index in [9.17, 15) is 14.9 Å². The van der Waals surface area contributed by atoms with Crippen LogP contribution >= 0.6 is 0 Å². The van der Waals surface area contributed by atoms with Gasteiger partial charge in [0.2, 0.25) is 0 Å². The van der Waals surface area contributed by atoms with Crippen molar-refractivity contribution >= 4 is 17.5 Å². The van der Waals surface area contributed by atoms with Gasteiger partial charge in [0.05, 0.1) is 4.92 Å². The van der Waals surface area contributed by atoms with Gasteiger partial charge in [-0.1, -0.05) is 12.2 Å². The number of hydrogen-bond acceptors (Lipinski definition) is 5. The fourth-order valence-electron chi connectivity index (χ4n) is 1.98. The molecule has 1 aliphatic rings. The van der Waals surface area contributed by atoms with Crippen molar-refractivity contribution in [1.82, 2.24) is 4.98 Å². The molecule has 2 rings (SSSR count). The van der Waals surface area contributed by atoms with Crippen molar-refractivity contribution in [2.24, 2.45) is 0 Å². The zero-order valence-electron chi connectivity index (χ0n) is 10.1. The number of anilines is 1. The van der Waals surface area contributed by atoms with Crippen molar-refractivity contribution in [3.8, 4) is 0 Å². The second-order valence-electron chi connectivity index (χ2n) is 4.27. The van der Waals surface area contributed by atoms with Gasteiger partial charge in [-0.15, -0.1) is 0 Å². The van der Waals surface area contributed by atoms with Crippen LogP contribution in [0.2, 0.25) is 0 Å². The molecular weight excluding hydrogens is 250 g/mol. The number of allylic oxidation sites excluding steroid dienone is 1. The number of nitrogens with zero attached hydrogens (tertiary/aromatic N) is 2. The van der Waals surface area contributed by atoms with E-state index in [1.807, 2.05) is 6.08 Å². The van der Waals surface area contributed by atoms with Crippen molar-refractivity contribution in [2.45, 2.75) is 25.3 Å². The number of carbonyl (C=O) groups is 1. The first-order valence-corrected chi connectivity index (χ1v) is 5.87. The summed E-state index contributed by atoms with van der Waals surface area (Å²) in [5.41, 5.74) is -0.851. The average molecular weight is 263 g/mol. The Morgan fingerprint density at radius 1 is 1.53 bits per heavy atom. The van der Waals surface area contributed by atoms with Gasteiger partial charge < -0.3 is 10.4 Å². The van der Waals surface area contributed by atoms with Gasteiger partial charge in [0.25, 0.3) is 0 Å². The Balaban J connectivity index is 2.22. The first-order valence-electron chi connectivity index (χ1n) is 5.87. The van der Waals surface area contributed by atoms with E-state index in [-0.39, 0.29) is 11.6 Å². The van der Waals surface area contributed by atoms with Crippen LogP contribution in [-0.4, -0.2) is 27.0 Å². The lowest BCUT2D eigenvalue weighted by Gasteiger charge is -2.19. The summed E-state index contributed by atoms with van der Waals surface area (Å²) in [6.45, 7) is 0. The van der Waals surface area contributed by atoms with Gasteiger partial charge in [0.1, 0.15) is 17.6 Å². The summed E-state index contributed by atoms with van der Waals surface area (Å²) in [5.74, 6) is -0.982. The number of rotatable bonds is 4. The van der Waals surface area contributed by atoms with Crippen LogP contribution in [0.4, 0.5) is 11.5 Å². The highest BCUT2D eigenvalue weighted by Crippen LogP contribution is 2.22. The summed E-state index contributed by atoms with van der Waals surface area (Å²) in [6.07, 6.45) is 7.83. The van der Waals surface area contributed by atoms with Gasteiger partial charge in [-0.25, -0.2) is 9.78 Å². The average Bonchev–Trinajstić information content (AvgIpc) is 2.39. The smallest absolute Gasteiger partial charge is 0.342 e. The summed E-state index contributed by atoms with van der Waals surface area (Å²) in [5, 5.41) is 22.8. The van der Waals surface area contributed by atoms with Crippen LogP contribution < -0.4 is 5.32 Å². The summed E-state index contributed by atoms with van der Waals surface area (Å²) in [7, 11) is 0. The summed E-state index contributed by atoms with van der Waals surface area (Å²) in [6, 6.07) is 1.39. The molecule has 7 heteroatoms. The number of aromatic carboxylic acids is 1. The molecule has 0 fully saturated rings. The van der Waals surface area contributed by atoms with Gasteiger partial charge >= 0.3 is 11.7 Å². The molecule has 1 aliphatic carbocycles. The second kappa shape index (κ2) is 5.47. The number of aromatic nitrogens is 1. The van der Waals surface area contributed by atoms with Gasteiger partial charge in [-0.2, -0.15) is 0 Å². The van der Waals surface area contributed by atoms with E-state index in [0.717, 1.165) is 25.5 Å². The molecule has 0 radical (unpaired) electrons. The van der Waals surface area contributed by atoms with Crippen LogP contribution in [0.25, 0.3) is 0 Å². The summed E-state index contributed by atoms with van der Waals surface area (Å²) < 4.78 is 0. The number of pyridine rings is 1. The molecule has 100 valence electrons. The van der Waals surface area contributed by atoms with E-state index in [1.165, 1.54) is 6.07 Å². The third-order valence-corrected chi connectivity index (χ3v) is 2.93. The molecule has 1 aromatic heterocycles. The van der Waals surface area contributed by atoms with Crippen molar-refractivity contribution in [2.75, 3.05) is 5.32 Å². The van der Waals surface area contributed by atoms with Crippen LogP contribution in [0.3, 0.4) is 0 Å². The fraction of sp³-hybridized carbons (Fsp3) is 0.333. The van der Waals surface area contributed by atoms with E-state index in [0.29, 0.717) is 5.82 Å². The standard InChI is InChI=1S/C12H13N3O4/c16-12(17)9-6-11(13-7-10(9)15(18)19)14-8-4-2-1-3-5-8/h1-2,6-8H,3-5H2,(H,13,14)(H,16,17). The van der Waals surface area contributed by atoms with E-state index in [4.69, 9.17) is 5.11 Å². The predicted octanol–water partition coefficient (Wildman–Crippen LogP) is 2.21. The Kier molecular flexibility index (Phi) is 3.74. The molecule has 1 heterocycles. The third kappa shape index (κ3) is 3.06. The van der Waals surface area contributed by atoms with Gasteiger partial charge in [-0.05, 0) is 19.3 Å². The monoisotopic (exact) mass is 263 g/mol. The molecule has 0 amide bonds. The normalized spacial score (nSPS) is 18.0. The molecule has 0 spiro atoms. The van der Waals surface area contributed by atoms with Gasteiger partial charge in [0, 0.05) is 12.1 Å². The zero-order chi connectivity index (χ0) is 13.8. The van der Waals surface area contributed by atoms with Crippen molar-refractivity contribution in [1.29, 1.82) is 0 Å². The van der Waals surface area contributed by atoms with Crippen molar-refractivity contribution < 1.29 is 14.8 Å². The summed E-state index contributed by atoms with van der Waals surface area (Å²) in [4.78, 5) is 24.9. The van der Waals surface area contributed by atoms with Gasteiger partial charge in [0.15, 0.2) is 0 Å². The Labute approximate surface area is 109 Å². The van der Waals surface area contributed by atoms with E-state index < -0.39 is 16.6 Å². The third-order valence-electron chi connectivity index (χ3n) is 2.93. The van der Waals surface area contributed by atoms with Crippen molar-refractivity contribution in [3.05, 3.63) is 40.1 Å². The van der Waals surface area contributed by atoms with Crippen LogP contribution in [-0.2, 0) is 0 Å².